The summed E-state index contributed by atoms with van der Waals surface area (Å²) in [6.45, 7) is 2.02. The second kappa shape index (κ2) is 8.62. The summed E-state index contributed by atoms with van der Waals surface area (Å²) in [5, 5.41) is 15.8. The van der Waals surface area contributed by atoms with Crippen molar-refractivity contribution < 1.29 is 4.92 Å². The lowest BCUT2D eigenvalue weighted by Gasteiger charge is -2.03. The number of hydrogen-bond acceptors (Lipinski definition) is 6. The van der Waals surface area contributed by atoms with Gasteiger partial charge in [0.05, 0.1) is 27.0 Å². The zero-order chi connectivity index (χ0) is 20.9. The number of non-ortho nitro benzene ring substituents is 1. The number of aliphatic imine (C=N–C) groups is 1. The van der Waals surface area contributed by atoms with Gasteiger partial charge in [0.1, 0.15) is 0 Å². The van der Waals surface area contributed by atoms with E-state index in [2.05, 4.69) is 20.5 Å². The first-order valence-electron chi connectivity index (χ1n) is 9.13. The molecule has 0 amide bonds. The van der Waals surface area contributed by atoms with Gasteiger partial charge < -0.3 is 0 Å². The minimum atomic E-state index is -0.432. The van der Waals surface area contributed by atoms with Crippen molar-refractivity contribution in [1.29, 1.82) is 0 Å². The van der Waals surface area contributed by atoms with Crippen LogP contribution in [0.5, 0.6) is 0 Å². The highest BCUT2D eigenvalue weighted by Gasteiger charge is 2.10. The van der Waals surface area contributed by atoms with Gasteiger partial charge in [0.2, 0.25) is 0 Å². The van der Waals surface area contributed by atoms with E-state index in [4.69, 9.17) is 0 Å². The molecule has 1 heterocycles. The number of thiazole rings is 1. The van der Waals surface area contributed by atoms with Gasteiger partial charge in [-0.05, 0) is 48.9 Å². The Morgan fingerprint density at radius 2 is 1.80 bits per heavy atom. The summed E-state index contributed by atoms with van der Waals surface area (Å²) >= 11 is 1.53. The van der Waals surface area contributed by atoms with Crippen molar-refractivity contribution in [1.82, 2.24) is 10.4 Å². The van der Waals surface area contributed by atoms with Gasteiger partial charge in [-0.3, -0.25) is 15.5 Å². The van der Waals surface area contributed by atoms with Crippen LogP contribution in [0.2, 0.25) is 0 Å². The third kappa shape index (κ3) is 4.56. The van der Waals surface area contributed by atoms with Gasteiger partial charge in [-0.15, -0.1) is 11.3 Å². The van der Waals surface area contributed by atoms with Crippen molar-refractivity contribution in [3.05, 3.63) is 99.0 Å². The number of amidine groups is 1. The molecule has 0 spiro atoms. The summed E-state index contributed by atoms with van der Waals surface area (Å²) in [4.78, 5) is 19.7. The Kier molecular flexibility index (Phi) is 5.58. The molecule has 0 aliphatic heterocycles. The van der Waals surface area contributed by atoms with Gasteiger partial charge in [-0.2, -0.15) is 5.10 Å². The maximum atomic E-state index is 10.8. The highest BCUT2D eigenvalue weighted by molar-refractivity contribution is 7.20. The van der Waals surface area contributed by atoms with E-state index in [1.807, 2.05) is 55.5 Å². The van der Waals surface area contributed by atoms with Crippen LogP contribution in [-0.4, -0.2) is 22.0 Å². The van der Waals surface area contributed by atoms with Crippen molar-refractivity contribution in [3.63, 3.8) is 0 Å². The Morgan fingerprint density at radius 3 is 2.50 bits per heavy atom. The second-order valence-corrected chi connectivity index (χ2v) is 7.53. The fourth-order valence-electron chi connectivity index (χ4n) is 2.69. The molecule has 4 rings (SSSR count). The van der Waals surface area contributed by atoms with Crippen molar-refractivity contribution >= 4 is 45.0 Å². The van der Waals surface area contributed by atoms with Crippen molar-refractivity contribution in [2.75, 3.05) is 0 Å². The number of nitro groups is 1. The largest absolute Gasteiger partial charge is 0.269 e. The Bertz CT molecular complexity index is 1210. The van der Waals surface area contributed by atoms with Crippen LogP contribution < -0.4 is 5.43 Å². The predicted octanol–water partition coefficient (Wildman–Crippen LogP) is 5.21. The standard InChI is InChI=1S/C22H17N5O2S/c1-15-6-10-17(11-7-15)24-21(22-25-19-4-2-3-5-20(19)30-22)26-23-14-16-8-12-18(13-9-16)27(28)29/h2-14H,1H3,(H,24,26)/b23-14-. The third-order valence-electron chi connectivity index (χ3n) is 4.26. The molecule has 4 aromatic rings. The SMILES string of the molecule is Cc1ccc(N=C(N/N=C\c2ccc([N+](=O)[O-])cc2)c2nc3ccccc3s2)cc1. The minimum absolute atomic E-state index is 0.0382. The number of aromatic nitrogens is 1. The van der Waals surface area contributed by atoms with E-state index < -0.39 is 4.92 Å². The molecule has 3 aromatic carbocycles. The van der Waals surface area contributed by atoms with Crippen molar-refractivity contribution in [2.45, 2.75) is 6.92 Å². The number of aryl methyl sites for hydroxylation is 1. The van der Waals surface area contributed by atoms with E-state index in [1.54, 1.807) is 18.3 Å². The number of rotatable bonds is 5. The van der Waals surface area contributed by atoms with Crippen molar-refractivity contribution in [2.24, 2.45) is 10.1 Å². The average Bonchev–Trinajstić information content (AvgIpc) is 3.19. The Balaban J connectivity index is 1.62. The molecular formula is C22H17N5O2S. The van der Waals surface area contributed by atoms with Gasteiger partial charge >= 0.3 is 0 Å². The normalized spacial score (nSPS) is 11.8. The summed E-state index contributed by atoms with van der Waals surface area (Å²) in [6, 6.07) is 21.9. The summed E-state index contributed by atoms with van der Waals surface area (Å²) in [7, 11) is 0. The summed E-state index contributed by atoms with van der Waals surface area (Å²) < 4.78 is 1.06. The smallest absolute Gasteiger partial charge is 0.259 e. The molecule has 1 N–H and O–H groups in total. The number of fused-ring (bicyclic) bond motifs is 1. The van der Waals surface area contributed by atoms with Crippen LogP contribution in [0.15, 0.2) is 82.9 Å². The topological polar surface area (TPSA) is 92.8 Å². The molecule has 30 heavy (non-hydrogen) atoms. The van der Waals surface area contributed by atoms with Crippen LogP contribution in [0.25, 0.3) is 10.2 Å². The summed E-state index contributed by atoms with van der Waals surface area (Å²) in [5.41, 5.74) is 6.58. The van der Waals surface area contributed by atoms with E-state index in [0.717, 1.165) is 32.0 Å². The van der Waals surface area contributed by atoms with Crippen molar-refractivity contribution in [3.8, 4) is 0 Å². The quantitative estimate of drug-likeness (QED) is 0.209. The van der Waals surface area contributed by atoms with Gasteiger partial charge in [-0.1, -0.05) is 29.8 Å². The number of benzene rings is 3. The number of nitro benzene ring substituents is 1. The average molecular weight is 415 g/mol. The minimum Gasteiger partial charge on any atom is -0.259 e. The molecule has 0 aliphatic carbocycles. The Labute approximate surface area is 176 Å². The lowest BCUT2D eigenvalue weighted by molar-refractivity contribution is -0.384. The highest BCUT2D eigenvalue weighted by atomic mass is 32.1. The molecule has 0 unspecified atom stereocenters. The van der Waals surface area contributed by atoms with E-state index in [1.165, 1.54) is 23.5 Å². The number of hydrazone groups is 1. The second-order valence-electron chi connectivity index (χ2n) is 6.50. The molecule has 148 valence electrons. The zero-order valence-corrected chi connectivity index (χ0v) is 16.8. The molecule has 0 saturated carbocycles. The Morgan fingerprint density at radius 1 is 1.07 bits per heavy atom. The molecule has 1 aromatic heterocycles. The fraction of sp³-hybridized carbons (Fsp3) is 0.0455. The maximum absolute atomic E-state index is 10.8. The number of para-hydroxylation sites is 1. The number of nitrogens with zero attached hydrogens (tertiary/aromatic N) is 4. The van der Waals surface area contributed by atoms with Crippen LogP contribution in [0, 0.1) is 17.0 Å². The van der Waals surface area contributed by atoms with Gasteiger partial charge in [0.15, 0.2) is 10.8 Å². The monoisotopic (exact) mass is 415 g/mol. The third-order valence-corrected chi connectivity index (χ3v) is 5.30. The number of hydrogen-bond donors (Lipinski definition) is 1. The fourth-order valence-corrected chi connectivity index (χ4v) is 3.60. The first-order valence-corrected chi connectivity index (χ1v) is 9.95. The molecule has 0 radical (unpaired) electrons. The molecule has 0 saturated heterocycles. The van der Waals surface area contributed by atoms with Crippen LogP contribution >= 0.6 is 11.3 Å². The summed E-state index contributed by atoms with van der Waals surface area (Å²) in [5.74, 6) is 0.526. The lowest BCUT2D eigenvalue weighted by Crippen LogP contribution is -2.18. The molecule has 0 aliphatic rings. The maximum Gasteiger partial charge on any atom is 0.269 e. The van der Waals surface area contributed by atoms with E-state index in [9.17, 15) is 10.1 Å². The van der Waals surface area contributed by atoms with Gasteiger partial charge in [0, 0.05) is 12.1 Å². The van der Waals surface area contributed by atoms with Crippen LogP contribution in [0.3, 0.4) is 0 Å². The molecule has 7 nitrogen and oxygen atoms in total. The van der Waals surface area contributed by atoms with Gasteiger partial charge in [-0.25, -0.2) is 9.98 Å². The first kappa shape index (κ1) is 19.4. The molecule has 0 fully saturated rings. The van der Waals surface area contributed by atoms with Crippen LogP contribution in [0.4, 0.5) is 11.4 Å². The van der Waals surface area contributed by atoms with E-state index in [-0.39, 0.29) is 5.69 Å². The Hall–Kier alpha value is -3.91. The van der Waals surface area contributed by atoms with E-state index >= 15 is 0 Å². The van der Waals surface area contributed by atoms with Gasteiger partial charge in [0.25, 0.3) is 5.69 Å². The molecule has 0 bridgehead atoms. The van der Waals surface area contributed by atoms with Crippen LogP contribution in [0.1, 0.15) is 16.1 Å². The first-order chi connectivity index (χ1) is 14.6. The lowest BCUT2D eigenvalue weighted by atomic mass is 10.2. The van der Waals surface area contributed by atoms with E-state index in [0.29, 0.717) is 5.84 Å². The number of nitrogens with one attached hydrogen (secondary N) is 1. The highest BCUT2D eigenvalue weighted by Crippen LogP contribution is 2.23. The summed E-state index contributed by atoms with van der Waals surface area (Å²) in [6.07, 6.45) is 1.59. The molecular weight excluding hydrogens is 398 g/mol. The molecule has 8 heteroatoms. The predicted molar refractivity (Wildman–Crippen MR) is 121 cm³/mol. The van der Waals surface area contributed by atoms with Crippen LogP contribution in [-0.2, 0) is 0 Å². The zero-order valence-electron chi connectivity index (χ0n) is 16.0. The molecule has 0 atom stereocenters.